The van der Waals surface area contributed by atoms with Gasteiger partial charge in [-0.05, 0) is 35.9 Å². The highest BCUT2D eigenvalue weighted by molar-refractivity contribution is 7.99. The van der Waals surface area contributed by atoms with Crippen molar-refractivity contribution < 1.29 is 9.59 Å². The topological polar surface area (TPSA) is 62.3 Å². The van der Waals surface area contributed by atoms with Gasteiger partial charge >= 0.3 is 0 Å². The molecule has 4 heterocycles. The van der Waals surface area contributed by atoms with Gasteiger partial charge in [0.15, 0.2) is 5.78 Å². The maximum absolute atomic E-state index is 14.2. The minimum Gasteiger partial charge on any atom is -0.324 e. The molecule has 3 aliphatic rings. The number of nitrogens with zero attached hydrogens (tertiary/aromatic N) is 2. The first-order chi connectivity index (χ1) is 15.6. The molecule has 1 amide bonds. The zero-order chi connectivity index (χ0) is 21.9. The van der Waals surface area contributed by atoms with E-state index in [1.807, 2.05) is 60.3 Å². The first kappa shape index (κ1) is 20.0. The van der Waals surface area contributed by atoms with Crippen LogP contribution in [0, 0.1) is 5.92 Å². The van der Waals surface area contributed by atoms with Crippen molar-refractivity contribution in [1.29, 1.82) is 0 Å². The third-order valence-corrected chi connectivity index (χ3v) is 8.30. The molecule has 2 fully saturated rings. The SMILES string of the molecule is O=C(c1cccnc1)C1C(c2ccc(Cl)cc2)C2CSCN2[C@@]12C(=O)Nc1ccccc12. The van der Waals surface area contributed by atoms with Gasteiger partial charge in [-0.15, -0.1) is 11.8 Å². The standard InChI is InChI=1S/C25H20ClN3O2S/c26-17-9-7-15(8-10-17)21-20-13-32-14-29(20)25(18-5-1-2-6-19(18)28-24(25)31)22(21)23(30)16-4-3-11-27-12-16/h1-12,20-22H,13-14H2,(H,28,31)/t20?,21?,22?,25-/m1/s1. The second kappa shape index (κ2) is 7.44. The molecule has 0 saturated carbocycles. The quantitative estimate of drug-likeness (QED) is 0.579. The maximum atomic E-state index is 14.2. The fourth-order valence-corrected chi connectivity index (χ4v) is 7.23. The molecule has 0 bridgehead atoms. The molecule has 1 N–H and O–H groups in total. The summed E-state index contributed by atoms with van der Waals surface area (Å²) in [6, 6.07) is 19.1. The lowest BCUT2D eigenvalue weighted by molar-refractivity contribution is -0.127. The van der Waals surface area contributed by atoms with Crippen molar-refractivity contribution >= 4 is 40.7 Å². The molecule has 1 aromatic heterocycles. The van der Waals surface area contributed by atoms with Crippen molar-refractivity contribution in [2.75, 3.05) is 16.9 Å². The van der Waals surface area contributed by atoms with E-state index in [4.69, 9.17) is 11.6 Å². The highest BCUT2D eigenvalue weighted by Gasteiger charge is 2.69. The van der Waals surface area contributed by atoms with Crippen molar-refractivity contribution in [1.82, 2.24) is 9.88 Å². The van der Waals surface area contributed by atoms with Gasteiger partial charge in [-0.3, -0.25) is 19.5 Å². The number of para-hydroxylation sites is 1. The Morgan fingerprint density at radius 1 is 1.12 bits per heavy atom. The van der Waals surface area contributed by atoms with Crippen LogP contribution in [0.2, 0.25) is 5.02 Å². The van der Waals surface area contributed by atoms with Gasteiger partial charge in [0.2, 0.25) is 5.91 Å². The van der Waals surface area contributed by atoms with Gasteiger partial charge in [-0.1, -0.05) is 41.9 Å². The number of thioether (sulfide) groups is 1. The van der Waals surface area contributed by atoms with Crippen molar-refractivity contribution in [3.63, 3.8) is 0 Å². The average Bonchev–Trinajstić information content (AvgIpc) is 3.48. The number of pyridine rings is 1. The molecule has 2 saturated heterocycles. The van der Waals surface area contributed by atoms with Crippen molar-refractivity contribution in [2.45, 2.75) is 17.5 Å². The molecule has 0 aliphatic carbocycles. The van der Waals surface area contributed by atoms with Gasteiger partial charge < -0.3 is 5.32 Å². The van der Waals surface area contributed by atoms with Crippen molar-refractivity contribution in [3.8, 4) is 0 Å². The summed E-state index contributed by atoms with van der Waals surface area (Å²) < 4.78 is 0. The maximum Gasteiger partial charge on any atom is 0.250 e. The molecular formula is C25H20ClN3O2S. The average molecular weight is 462 g/mol. The van der Waals surface area contributed by atoms with E-state index >= 15 is 0 Å². The minimum absolute atomic E-state index is 0.0516. The molecule has 2 aromatic carbocycles. The number of benzene rings is 2. The molecule has 4 atom stereocenters. The van der Waals surface area contributed by atoms with Gasteiger partial charge in [0.05, 0.1) is 5.92 Å². The summed E-state index contributed by atoms with van der Waals surface area (Å²) in [6.07, 6.45) is 3.26. The molecule has 1 spiro atoms. The zero-order valence-corrected chi connectivity index (χ0v) is 18.6. The van der Waals surface area contributed by atoms with E-state index in [1.54, 1.807) is 24.5 Å². The van der Waals surface area contributed by atoms with E-state index in [0.717, 1.165) is 22.6 Å². The second-order valence-electron chi connectivity index (χ2n) is 8.46. The van der Waals surface area contributed by atoms with Gasteiger partial charge in [0.1, 0.15) is 5.54 Å². The molecule has 7 heteroatoms. The van der Waals surface area contributed by atoms with E-state index in [1.165, 1.54) is 0 Å². The van der Waals surface area contributed by atoms with E-state index in [-0.39, 0.29) is 23.7 Å². The summed E-state index contributed by atoms with van der Waals surface area (Å²) in [7, 11) is 0. The van der Waals surface area contributed by atoms with Crippen LogP contribution in [0.25, 0.3) is 0 Å². The van der Waals surface area contributed by atoms with E-state index in [2.05, 4.69) is 15.2 Å². The van der Waals surface area contributed by atoms with Crippen LogP contribution in [-0.2, 0) is 10.3 Å². The highest BCUT2D eigenvalue weighted by atomic mass is 35.5. The number of nitrogens with one attached hydrogen (secondary N) is 1. The molecule has 3 aliphatic heterocycles. The van der Waals surface area contributed by atoms with Crippen LogP contribution in [0.5, 0.6) is 0 Å². The van der Waals surface area contributed by atoms with Crippen molar-refractivity contribution in [2.24, 2.45) is 5.92 Å². The Bertz CT molecular complexity index is 1220. The number of rotatable bonds is 3. The Hall–Kier alpha value is -2.67. The fourth-order valence-electron chi connectivity index (χ4n) is 5.78. The fraction of sp³-hybridized carbons (Fsp3) is 0.240. The summed E-state index contributed by atoms with van der Waals surface area (Å²) >= 11 is 7.99. The first-order valence-electron chi connectivity index (χ1n) is 10.6. The number of ketones is 1. The number of hydrogen-bond donors (Lipinski definition) is 1. The van der Waals surface area contributed by atoms with Gasteiger partial charge in [-0.25, -0.2) is 0 Å². The van der Waals surface area contributed by atoms with E-state index < -0.39 is 11.5 Å². The molecule has 6 rings (SSSR count). The molecule has 3 aromatic rings. The molecule has 32 heavy (non-hydrogen) atoms. The normalized spacial score (nSPS) is 28.5. The Morgan fingerprint density at radius 2 is 1.94 bits per heavy atom. The summed E-state index contributed by atoms with van der Waals surface area (Å²) in [6.45, 7) is 0. The third-order valence-electron chi connectivity index (χ3n) is 7.01. The lowest BCUT2D eigenvalue weighted by atomic mass is 9.69. The largest absolute Gasteiger partial charge is 0.324 e. The Labute approximate surface area is 195 Å². The predicted molar refractivity (Wildman–Crippen MR) is 126 cm³/mol. The number of carbonyl (C=O) groups excluding carboxylic acids is 2. The Kier molecular flexibility index (Phi) is 4.64. The molecule has 0 radical (unpaired) electrons. The lowest BCUT2D eigenvalue weighted by Crippen LogP contribution is -2.52. The molecule has 3 unspecified atom stereocenters. The van der Waals surface area contributed by atoms with Crippen LogP contribution in [0.15, 0.2) is 73.1 Å². The number of hydrogen-bond acceptors (Lipinski definition) is 5. The lowest BCUT2D eigenvalue weighted by Gasteiger charge is -2.36. The number of halogens is 1. The number of amides is 1. The molecule has 5 nitrogen and oxygen atoms in total. The number of fused-ring (bicyclic) bond motifs is 4. The molecular weight excluding hydrogens is 442 g/mol. The summed E-state index contributed by atoms with van der Waals surface area (Å²) in [4.78, 5) is 34.4. The van der Waals surface area contributed by atoms with Crippen LogP contribution in [0.1, 0.15) is 27.4 Å². The predicted octanol–water partition coefficient (Wildman–Crippen LogP) is 4.55. The van der Waals surface area contributed by atoms with Crippen LogP contribution < -0.4 is 5.32 Å². The highest BCUT2D eigenvalue weighted by Crippen LogP contribution is 2.61. The van der Waals surface area contributed by atoms with Crippen molar-refractivity contribution in [3.05, 3.63) is 94.8 Å². The zero-order valence-electron chi connectivity index (χ0n) is 17.1. The minimum atomic E-state index is -1.05. The molecule has 160 valence electrons. The number of carbonyl (C=O) groups is 2. The first-order valence-corrected chi connectivity index (χ1v) is 12.1. The number of aromatic nitrogens is 1. The van der Waals surface area contributed by atoms with Gasteiger partial charge in [0, 0.05) is 57.8 Å². The smallest absolute Gasteiger partial charge is 0.250 e. The van der Waals surface area contributed by atoms with Crippen LogP contribution in [0.3, 0.4) is 0 Å². The summed E-state index contributed by atoms with van der Waals surface area (Å²) in [5, 5.41) is 3.73. The third kappa shape index (κ3) is 2.66. The number of Topliss-reactive ketones (excluding diaryl/α,β-unsaturated/α-hetero) is 1. The Balaban J connectivity index is 1.62. The summed E-state index contributed by atoms with van der Waals surface area (Å²) in [5.74, 6) is 0.665. The van der Waals surface area contributed by atoms with Crippen LogP contribution in [0.4, 0.5) is 5.69 Å². The Morgan fingerprint density at radius 3 is 2.72 bits per heavy atom. The van der Waals surface area contributed by atoms with Gasteiger partial charge in [-0.2, -0.15) is 0 Å². The summed E-state index contributed by atoms with van der Waals surface area (Å²) in [5.41, 5.74) is 2.18. The van der Waals surface area contributed by atoms with Crippen LogP contribution in [-0.4, -0.2) is 39.2 Å². The number of anilines is 1. The van der Waals surface area contributed by atoms with E-state index in [0.29, 0.717) is 16.5 Å². The monoisotopic (exact) mass is 461 g/mol. The van der Waals surface area contributed by atoms with E-state index in [9.17, 15) is 9.59 Å². The van der Waals surface area contributed by atoms with Crippen LogP contribution >= 0.6 is 23.4 Å². The second-order valence-corrected chi connectivity index (χ2v) is 9.90. The van der Waals surface area contributed by atoms with Gasteiger partial charge in [0.25, 0.3) is 0 Å².